The van der Waals surface area contributed by atoms with E-state index in [1.54, 1.807) is 15.3 Å². The Balaban J connectivity index is 0.00000128. The minimum Gasteiger partial charge on any atom is -0.147 e. The summed E-state index contributed by atoms with van der Waals surface area (Å²) in [6, 6.07) is 0. The third kappa shape index (κ3) is 3.88. The number of hydrogen-bond acceptors (Lipinski definition) is 0. The monoisotopic (exact) mass is 348 g/mol. The second-order valence-electron chi connectivity index (χ2n) is 4.47. The molecule has 0 saturated carbocycles. The molecule has 17 heavy (non-hydrogen) atoms. The Labute approximate surface area is 125 Å². The van der Waals surface area contributed by atoms with Crippen LogP contribution in [0.2, 0.25) is 0 Å². The predicted molar refractivity (Wildman–Crippen MR) is 79.1 cm³/mol. The van der Waals surface area contributed by atoms with E-state index in [1.165, 1.54) is 12.8 Å². The summed E-state index contributed by atoms with van der Waals surface area (Å²) < 4.78 is 5.27. The predicted octanol–water partition coefficient (Wildman–Crippen LogP) is 4.74. The first kappa shape index (κ1) is 17.3. The fourth-order valence-corrected chi connectivity index (χ4v) is 9.78. The topological polar surface area (TPSA) is 0 Å². The van der Waals surface area contributed by atoms with E-state index in [1.807, 2.05) is 0 Å². The molecular weight excluding hydrogens is 330 g/mol. The van der Waals surface area contributed by atoms with Crippen LogP contribution >= 0.6 is 24.8 Å². The van der Waals surface area contributed by atoms with Crippen molar-refractivity contribution in [3.63, 3.8) is 0 Å². The molecule has 0 N–H and O–H groups in total. The maximum Gasteiger partial charge on any atom is -0.147 e. The summed E-state index contributed by atoms with van der Waals surface area (Å²) in [5.41, 5.74) is 1.55. The van der Waals surface area contributed by atoms with Crippen LogP contribution in [-0.4, -0.2) is 3.21 Å². The van der Waals surface area contributed by atoms with Crippen molar-refractivity contribution in [2.75, 3.05) is 0 Å². The van der Waals surface area contributed by atoms with E-state index < -0.39 is 21.3 Å². The Bertz CT molecular complexity index is 433. The van der Waals surface area contributed by atoms with Crippen molar-refractivity contribution in [2.24, 2.45) is 0 Å². The number of hydrogen-bond donors (Lipinski definition) is 0. The molecule has 0 atom stereocenters. The summed E-state index contributed by atoms with van der Waals surface area (Å²) in [6.07, 6.45) is 14.0. The zero-order valence-electron chi connectivity index (χ0n) is 10.6. The van der Waals surface area contributed by atoms with Crippen molar-refractivity contribution in [2.45, 2.75) is 33.6 Å². The molecular formula is C14H20Cl2Zr. The molecule has 94 valence electrons. The van der Waals surface area contributed by atoms with Crippen LogP contribution in [0.4, 0.5) is 0 Å². The van der Waals surface area contributed by atoms with E-state index in [2.05, 4.69) is 51.2 Å². The van der Waals surface area contributed by atoms with Gasteiger partial charge in [-0.3, -0.25) is 0 Å². The van der Waals surface area contributed by atoms with Crippen molar-refractivity contribution < 1.29 is 21.3 Å². The van der Waals surface area contributed by atoms with Crippen LogP contribution in [0.5, 0.6) is 0 Å². The molecule has 0 aromatic carbocycles. The fraction of sp³-hybridized carbons (Fsp3) is 0.357. The third-order valence-corrected chi connectivity index (χ3v) is 11.0. The van der Waals surface area contributed by atoms with Crippen LogP contribution in [-0.2, 0) is 21.3 Å². The van der Waals surface area contributed by atoms with E-state index >= 15 is 0 Å². The van der Waals surface area contributed by atoms with Crippen LogP contribution in [0.1, 0.15) is 33.6 Å². The van der Waals surface area contributed by atoms with E-state index in [0.29, 0.717) is 0 Å². The average Bonchev–Trinajstić information content (AvgIpc) is 2.79. The summed E-state index contributed by atoms with van der Waals surface area (Å²) in [4.78, 5) is 0. The first-order valence-corrected chi connectivity index (χ1v) is 9.29. The Morgan fingerprint density at radius 2 is 1.82 bits per heavy atom. The minimum atomic E-state index is -1.57. The molecule has 3 heteroatoms. The molecule has 0 heterocycles. The second-order valence-corrected chi connectivity index (χ2v) is 11.8. The largest absolute Gasteiger partial charge is 0.147 e. The molecule has 2 aliphatic carbocycles. The van der Waals surface area contributed by atoms with Crippen LogP contribution < -0.4 is 0 Å². The van der Waals surface area contributed by atoms with Crippen LogP contribution in [0.15, 0.2) is 42.5 Å². The molecule has 2 rings (SSSR count). The first-order chi connectivity index (χ1) is 7.20. The molecule has 0 unspecified atom stereocenters. The summed E-state index contributed by atoms with van der Waals surface area (Å²) in [5, 5.41) is 0. The standard InChI is InChI=1S/C6H7.C5H5.C3H6.2ClH.Zr/c1-6-4-2-3-5-6;1-2-4-5-3-1;1-3-2;;;/h2,4H,3H2,1H3;1-3H,4H2;1-2H3;2*1H;. The molecule has 2 aliphatic rings. The normalized spacial score (nSPS) is 16.5. The van der Waals surface area contributed by atoms with E-state index in [0.717, 1.165) is 0 Å². The zero-order chi connectivity index (χ0) is 10.8. The zero-order valence-corrected chi connectivity index (χ0v) is 14.7. The van der Waals surface area contributed by atoms with Crippen molar-refractivity contribution in [1.82, 2.24) is 0 Å². The van der Waals surface area contributed by atoms with Gasteiger partial charge in [-0.15, -0.1) is 24.8 Å². The summed E-state index contributed by atoms with van der Waals surface area (Å²) in [5.74, 6) is 0. The van der Waals surface area contributed by atoms with E-state index in [-0.39, 0.29) is 24.8 Å². The molecule has 0 spiro atoms. The number of halogens is 2. The van der Waals surface area contributed by atoms with Gasteiger partial charge in [0.1, 0.15) is 0 Å². The maximum atomic E-state index is 2.38. The smallest absolute Gasteiger partial charge is 0.147 e. The summed E-state index contributed by atoms with van der Waals surface area (Å²) >= 11 is -1.57. The molecule has 0 nitrogen and oxygen atoms in total. The van der Waals surface area contributed by atoms with E-state index in [4.69, 9.17) is 0 Å². The SMILES string of the molecule is CC1=[C]([Zr]([C]2=CC=CC2)=[C](C)C)CC=C1.Cl.Cl. The molecule has 0 aliphatic heterocycles. The third-order valence-electron chi connectivity index (χ3n) is 3.06. The Morgan fingerprint density at radius 1 is 1.12 bits per heavy atom. The van der Waals surface area contributed by atoms with Gasteiger partial charge in [0.05, 0.1) is 0 Å². The van der Waals surface area contributed by atoms with Gasteiger partial charge in [0.2, 0.25) is 0 Å². The van der Waals surface area contributed by atoms with Crippen LogP contribution in [0.25, 0.3) is 0 Å². The van der Waals surface area contributed by atoms with Gasteiger partial charge in [0.15, 0.2) is 0 Å². The Kier molecular flexibility index (Phi) is 7.80. The van der Waals surface area contributed by atoms with Gasteiger partial charge in [-0.05, 0) is 0 Å². The van der Waals surface area contributed by atoms with Gasteiger partial charge < -0.3 is 0 Å². The molecule has 0 radical (unpaired) electrons. The maximum absolute atomic E-state index is 2.38. The van der Waals surface area contributed by atoms with Gasteiger partial charge in [-0.25, -0.2) is 0 Å². The molecule has 0 aromatic rings. The van der Waals surface area contributed by atoms with Crippen molar-refractivity contribution in [3.05, 3.63) is 42.5 Å². The summed E-state index contributed by atoms with van der Waals surface area (Å²) in [7, 11) is 0. The van der Waals surface area contributed by atoms with Crippen molar-refractivity contribution in [3.8, 4) is 0 Å². The van der Waals surface area contributed by atoms with Crippen LogP contribution in [0, 0.1) is 0 Å². The molecule has 0 bridgehead atoms. The molecule has 0 aromatic heterocycles. The van der Waals surface area contributed by atoms with Gasteiger partial charge in [-0.2, -0.15) is 0 Å². The van der Waals surface area contributed by atoms with Crippen LogP contribution in [0.3, 0.4) is 0 Å². The van der Waals surface area contributed by atoms with Gasteiger partial charge in [0, 0.05) is 0 Å². The first-order valence-electron chi connectivity index (χ1n) is 5.60. The fourth-order valence-electron chi connectivity index (χ4n) is 2.36. The second kappa shape index (κ2) is 7.67. The molecule has 0 fully saturated rings. The average molecular weight is 350 g/mol. The molecule has 0 saturated heterocycles. The Morgan fingerprint density at radius 3 is 2.24 bits per heavy atom. The molecule has 0 amide bonds. The quantitative estimate of drug-likeness (QED) is 0.675. The Hall–Kier alpha value is 0.293. The van der Waals surface area contributed by atoms with Crippen molar-refractivity contribution >= 4 is 28.0 Å². The number of allylic oxidation sites excluding steroid dienone is 8. The van der Waals surface area contributed by atoms with Gasteiger partial charge in [0.25, 0.3) is 0 Å². The minimum absolute atomic E-state index is 0. The summed E-state index contributed by atoms with van der Waals surface area (Å²) in [6.45, 7) is 6.96. The van der Waals surface area contributed by atoms with Gasteiger partial charge in [-0.1, -0.05) is 0 Å². The van der Waals surface area contributed by atoms with Crippen molar-refractivity contribution in [1.29, 1.82) is 0 Å². The van der Waals surface area contributed by atoms with Gasteiger partial charge >= 0.3 is 101 Å². The van der Waals surface area contributed by atoms with E-state index in [9.17, 15) is 0 Å². The number of rotatable bonds is 2.